The Morgan fingerprint density at radius 1 is 1.85 bits per heavy atom. The fourth-order valence-electron chi connectivity index (χ4n) is 2.02. The molecular weight excluding hydrogens is 182 g/mol. The summed E-state index contributed by atoms with van der Waals surface area (Å²) >= 11 is 1.61. The Balaban J connectivity index is 2.18. The van der Waals surface area contributed by atoms with Gasteiger partial charge in [-0.15, -0.1) is 11.3 Å². The minimum atomic E-state index is -0.354. The number of aliphatic hydroxyl groups is 1. The second kappa shape index (κ2) is 3.08. The van der Waals surface area contributed by atoms with Crippen molar-refractivity contribution in [3.8, 4) is 0 Å². The third kappa shape index (κ3) is 1.31. The van der Waals surface area contributed by atoms with Crippen LogP contribution in [0.15, 0.2) is 17.5 Å². The highest BCUT2D eigenvalue weighted by molar-refractivity contribution is 7.10. The molecule has 3 atom stereocenters. The molecular formula is C10H15NOS. The molecule has 1 saturated carbocycles. The monoisotopic (exact) mass is 197 g/mol. The summed E-state index contributed by atoms with van der Waals surface area (Å²) in [5.41, 5.74) is 5.69. The van der Waals surface area contributed by atoms with Crippen molar-refractivity contribution < 1.29 is 5.11 Å². The molecule has 0 aliphatic heterocycles. The van der Waals surface area contributed by atoms with Crippen molar-refractivity contribution in [2.75, 3.05) is 6.54 Å². The molecule has 0 aromatic carbocycles. The highest BCUT2D eigenvalue weighted by Crippen LogP contribution is 2.59. The standard InChI is InChI=1S/C10H15NOS/c1-7-5-10(7,6-11)9(12)8-3-2-4-13-8/h2-4,7,9,12H,5-6,11H2,1H3. The molecule has 0 bridgehead atoms. The van der Waals surface area contributed by atoms with E-state index in [9.17, 15) is 5.11 Å². The molecule has 1 fully saturated rings. The van der Waals surface area contributed by atoms with Gasteiger partial charge in [-0.05, 0) is 23.8 Å². The number of rotatable bonds is 3. The van der Waals surface area contributed by atoms with Gasteiger partial charge in [-0.2, -0.15) is 0 Å². The fourth-order valence-corrected chi connectivity index (χ4v) is 2.85. The van der Waals surface area contributed by atoms with Gasteiger partial charge in [0.25, 0.3) is 0 Å². The largest absolute Gasteiger partial charge is 0.387 e. The van der Waals surface area contributed by atoms with Crippen molar-refractivity contribution >= 4 is 11.3 Å². The summed E-state index contributed by atoms with van der Waals surface area (Å²) in [6.45, 7) is 2.75. The first-order valence-corrected chi connectivity index (χ1v) is 5.50. The molecule has 0 spiro atoms. The smallest absolute Gasteiger partial charge is 0.0952 e. The Kier molecular flexibility index (Phi) is 2.18. The Bertz CT molecular complexity index is 281. The Morgan fingerprint density at radius 2 is 2.54 bits per heavy atom. The van der Waals surface area contributed by atoms with Gasteiger partial charge in [0.1, 0.15) is 0 Å². The topological polar surface area (TPSA) is 46.2 Å². The maximum absolute atomic E-state index is 10.1. The van der Waals surface area contributed by atoms with Crippen molar-refractivity contribution in [2.45, 2.75) is 19.4 Å². The zero-order chi connectivity index (χ0) is 9.47. The highest BCUT2D eigenvalue weighted by Gasteiger charge is 2.55. The van der Waals surface area contributed by atoms with Crippen LogP contribution in [0.1, 0.15) is 24.3 Å². The Morgan fingerprint density at radius 3 is 2.92 bits per heavy atom. The van der Waals surface area contributed by atoms with E-state index >= 15 is 0 Å². The minimum absolute atomic E-state index is 0.0230. The van der Waals surface area contributed by atoms with Gasteiger partial charge in [-0.3, -0.25) is 0 Å². The Labute approximate surface area is 82.4 Å². The minimum Gasteiger partial charge on any atom is -0.387 e. The van der Waals surface area contributed by atoms with E-state index < -0.39 is 0 Å². The van der Waals surface area contributed by atoms with Crippen LogP contribution < -0.4 is 5.73 Å². The number of hydrogen-bond donors (Lipinski definition) is 2. The lowest BCUT2D eigenvalue weighted by Crippen LogP contribution is -2.24. The van der Waals surface area contributed by atoms with Gasteiger partial charge in [0.15, 0.2) is 0 Å². The molecule has 0 amide bonds. The zero-order valence-corrected chi connectivity index (χ0v) is 8.55. The van der Waals surface area contributed by atoms with Gasteiger partial charge in [0.2, 0.25) is 0 Å². The lowest BCUT2D eigenvalue weighted by molar-refractivity contribution is 0.0922. The lowest BCUT2D eigenvalue weighted by Gasteiger charge is -2.20. The van der Waals surface area contributed by atoms with Gasteiger partial charge < -0.3 is 10.8 Å². The van der Waals surface area contributed by atoms with E-state index in [0.717, 1.165) is 11.3 Å². The van der Waals surface area contributed by atoms with Crippen molar-refractivity contribution in [1.82, 2.24) is 0 Å². The van der Waals surface area contributed by atoms with E-state index in [1.54, 1.807) is 11.3 Å². The maximum atomic E-state index is 10.1. The van der Waals surface area contributed by atoms with Crippen molar-refractivity contribution in [3.05, 3.63) is 22.4 Å². The SMILES string of the molecule is CC1CC1(CN)C(O)c1cccs1. The molecule has 2 rings (SSSR count). The average molecular weight is 197 g/mol. The quantitative estimate of drug-likeness (QED) is 0.775. The summed E-state index contributed by atoms with van der Waals surface area (Å²) in [4.78, 5) is 1.05. The van der Waals surface area contributed by atoms with Crippen LogP contribution in [0, 0.1) is 11.3 Å². The van der Waals surface area contributed by atoms with Crippen LogP contribution in [0.3, 0.4) is 0 Å². The van der Waals surface area contributed by atoms with E-state index in [0.29, 0.717) is 12.5 Å². The molecule has 1 aromatic heterocycles. The van der Waals surface area contributed by atoms with Gasteiger partial charge in [-0.1, -0.05) is 13.0 Å². The average Bonchev–Trinajstić information content (AvgIpc) is 2.62. The van der Waals surface area contributed by atoms with Crippen LogP contribution >= 0.6 is 11.3 Å². The third-order valence-electron chi connectivity index (χ3n) is 3.24. The number of thiophene rings is 1. The second-order valence-electron chi connectivity index (χ2n) is 3.96. The molecule has 0 radical (unpaired) electrons. The molecule has 3 unspecified atom stereocenters. The number of hydrogen-bond acceptors (Lipinski definition) is 3. The summed E-state index contributed by atoms with van der Waals surface area (Å²) in [6, 6.07) is 3.96. The molecule has 1 aromatic rings. The first-order valence-electron chi connectivity index (χ1n) is 4.62. The summed E-state index contributed by atoms with van der Waals surface area (Å²) in [5, 5.41) is 12.1. The molecule has 13 heavy (non-hydrogen) atoms. The first-order chi connectivity index (χ1) is 6.20. The van der Waals surface area contributed by atoms with Gasteiger partial charge in [0.05, 0.1) is 6.10 Å². The normalized spacial score (nSPS) is 34.5. The van der Waals surface area contributed by atoms with Crippen LogP contribution in [0.25, 0.3) is 0 Å². The van der Waals surface area contributed by atoms with Gasteiger partial charge in [0, 0.05) is 16.8 Å². The first kappa shape index (κ1) is 9.19. The Hall–Kier alpha value is -0.380. The van der Waals surface area contributed by atoms with E-state index in [1.165, 1.54) is 0 Å². The zero-order valence-electron chi connectivity index (χ0n) is 7.73. The maximum Gasteiger partial charge on any atom is 0.0952 e. The van der Waals surface area contributed by atoms with Crippen molar-refractivity contribution in [2.24, 2.45) is 17.1 Å². The van der Waals surface area contributed by atoms with Crippen LogP contribution in [0.5, 0.6) is 0 Å². The predicted octanol–water partition coefficient (Wildman–Crippen LogP) is 1.77. The van der Waals surface area contributed by atoms with Crippen LogP contribution in [-0.2, 0) is 0 Å². The molecule has 1 heterocycles. The molecule has 0 saturated heterocycles. The van der Waals surface area contributed by atoms with E-state index in [1.807, 2.05) is 17.5 Å². The van der Waals surface area contributed by atoms with Crippen LogP contribution in [-0.4, -0.2) is 11.7 Å². The molecule has 2 nitrogen and oxygen atoms in total. The highest BCUT2D eigenvalue weighted by atomic mass is 32.1. The molecule has 1 aliphatic carbocycles. The van der Waals surface area contributed by atoms with Crippen LogP contribution in [0.4, 0.5) is 0 Å². The second-order valence-corrected chi connectivity index (χ2v) is 4.94. The van der Waals surface area contributed by atoms with Crippen molar-refractivity contribution in [1.29, 1.82) is 0 Å². The molecule has 3 heteroatoms. The van der Waals surface area contributed by atoms with Crippen LogP contribution in [0.2, 0.25) is 0 Å². The summed E-state index contributed by atoms with van der Waals surface area (Å²) in [6.07, 6.45) is 0.704. The molecule has 3 N–H and O–H groups in total. The van der Waals surface area contributed by atoms with Gasteiger partial charge in [-0.25, -0.2) is 0 Å². The lowest BCUT2D eigenvalue weighted by atomic mass is 9.95. The fraction of sp³-hybridized carbons (Fsp3) is 0.600. The number of aliphatic hydroxyl groups excluding tert-OH is 1. The summed E-state index contributed by atoms with van der Waals surface area (Å²) in [5.74, 6) is 0.564. The van der Waals surface area contributed by atoms with Gasteiger partial charge >= 0.3 is 0 Å². The third-order valence-corrected chi connectivity index (χ3v) is 4.17. The van der Waals surface area contributed by atoms with E-state index in [2.05, 4.69) is 6.92 Å². The number of nitrogens with two attached hydrogens (primary N) is 1. The predicted molar refractivity (Wildman–Crippen MR) is 54.5 cm³/mol. The van der Waals surface area contributed by atoms with E-state index in [-0.39, 0.29) is 11.5 Å². The molecule has 72 valence electrons. The van der Waals surface area contributed by atoms with Crippen molar-refractivity contribution in [3.63, 3.8) is 0 Å². The summed E-state index contributed by atoms with van der Waals surface area (Å²) in [7, 11) is 0. The van der Waals surface area contributed by atoms with E-state index in [4.69, 9.17) is 5.73 Å². The molecule has 1 aliphatic rings. The summed E-state index contributed by atoms with van der Waals surface area (Å²) < 4.78 is 0.